The number of carbonyl (C=O) groups excluding carboxylic acids is 2. The number of ether oxygens (including phenoxy) is 3. The summed E-state index contributed by atoms with van der Waals surface area (Å²) < 4.78 is 21.8. The predicted molar refractivity (Wildman–Crippen MR) is 104 cm³/mol. The van der Waals surface area contributed by atoms with Crippen molar-refractivity contribution in [1.82, 2.24) is 0 Å². The number of hydrogen-bond acceptors (Lipinski definition) is 6. The topological polar surface area (TPSA) is 75.0 Å². The molecule has 1 heterocycles. The first-order chi connectivity index (χ1) is 13.5. The fourth-order valence-corrected chi connectivity index (χ4v) is 2.86. The van der Waals surface area contributed by atoms with Gasteiger partial charge >= 0.3 is 11.9 Å². The summed E-state index contributed by atoms with van der Waals surface area (Å²) in [4.78, 5) is 24.5. The first kappa shape index (κ1) is 19.5. The number of furan rings is 1. The maximum atomic E-state index is 12.6. The first-order valence-electron chi connectivity index (χ1n) is 9.17. The van der Waals surface area contributed by atoms with Gasteiger partial charge in [0.05, 0.1) is 13.2 Å². The molecule has 0 saturated carbocycles. The van der Waals surface area contributed by atoms with Gasteiger partial charge in [0.1, 0.15) is 22.7 Å². The van der Waals surface area contributed by atoms with Crippen LogP contribution in [0.2, 0.25) is 0 Å². The van der Waals surface area contributed by atoms with Crippen LogP contribution in [-0.2, 0) is 14.3 Å². The molecule has 3 aromatic rings. The molecule has 0 radical (unpaired) electrons. The number of hydrogen-bond donors (Lipinski definition) is 0. The van der Waals surface area contributed by atoms with E-state index >= 15 is 0 Å². The van der Waals surface area contributed by atoms with Gasteiger partial charge < -0.3 is 18.6 Å². The van der Waals surface area contributed by atoms with E-state index in [1.54, 1.807) is 39.0 Å². The van der Waals surface area contributed by atoms with Crippen molar-refractivity contribution >= 4 is 22.9 Å². The molecule has 1 aromatic heterocycles. The van der Waals surface area contributed by atoms with E-state index in [-0.39, 0.29) is 13.2 Å². The fourth-order valence-electron chi connectivity index (χ4n) is 2.86. The van der Waals surface area contributed by atoms with E-state index in [2.05, 4.69) is 0 Å². The molecule has 3 rings (SSSR count). The van der Waals surface area contributed by atoms with Crippen LogP contribution in [0, 0.1) is 0 Å². The third-order valence-electron chi connectivity index (χ3n) is 4.11. The van der Waals surface area contributed by atoms with Crippen molar-refractivity contribution < 1.29 is 28.2 Å². The molecule has 2 aromatic carbocycles. The molecule has 0 bridgehead atoms. The highest BCUT2D eigenvalue weighted by atomic mass is 16.6. The van der Waals surface area contributed by atoms with Gasteiger partial charge in [-0.25, -0.2) is 9.59 Å². The van der Waals surface area contributed by atoms with Crippen LogP contribution in [0.1, 0.15) is 31.1 Å². The van der Waals surface area contributed by atoms with Gasteiger partial charge in [-0.05, 0) is 39.0 Å². The van der Waals surface area contributed by atoms with Crippen molar-refractivity contribution in [2.45, 2.75) is 26.9 Å². The maximum absolute atomic E-state index is 12.6. The Bertz CT molecular complexity index is 973. The van der Waals surface area contributed by atoms with Gasteiger partial charge in [-0.3, -0.25) is 0 Å². The lowest BCUT2D eigenvalue weighted by Gasteiger charge is -2.13. The second kappa shape index (κ2) is 8.61. The van der Waals surface area contributed by atoms with Crippen molar-refractivity contribution in [3.63, 3.8) is 0 Å². The van der Waals surface area contributed by atoms with Gasteiger partial charge in [0.15, 0.2) is 6.10 Å². The van der Waals surface area contributed by atoms with Crippen LogP contribution in [-0.4, -0.2) is 31.3 Å². The average Bonchev–Trinajstić information content (AvgIpc) is 3.08. The predicted octanol–water partition coefficient (Wildman–Crippen LogP) is 4.61. The summed E-state index contributed by atoms with van der Waals surface area (Å²) in [6, 6.07) is 14.4. The highest BCUT2D eigenvalue weighted by Gasteiger charge is 2.24. The van der Waals surface area contributed by atoms with Crippen molar-refractivity contribution in [1.29, 1.82) is 0 Å². The van der Waals surface area contributed by atoms with E-state index < -0.39 is 18.0 Å². The lowest BCUT2D eigenvalue weighted by molar-refractivity contribution is -0.150. The summed E-state index contributed by atoms with van der Waals surface area (Å²) in [6.45, 7) is 5.62. The van der Waals surface area contributed by atoms with Gasteiger partial charge in [-0.15, -0.1) is 0 Å². The minimum atomic E-state index is -0.774. The summed E-state index contributed by atoms with van der Waals surface area (Å²) in [5, 5.41) is 0.561. The molecule has 0 aliphatic rings. The molecule has 0 N–H and O–H groups in total. The molecular formula is C22H22O6. The molecule has 0 fully saturated rings. The van der Waals surface area contributed by atoms with Gasteiger partial charge in [-0.1, -0.05) is 30.3 Å². The Hall–Kier alpha value is -3.28. The molecular weight excluding hydrogens is 360 g/mol. The molecule has 0 saturated heterocycles. The van der Waals surface area contributed by atoms with Gasteiger partial charge in [0, 0.05) is 10.9 Å². The van der Waals surface area contributed by atoms with Crippen LogP contribution in [0.4, 0.5) is 0 Å². The summed E-state index contributed by atoms with van der Waals surface area (Å²) in [6.07, 6.45) is -0.774. The zero-order valence-electron chi connectivity index (χ0n) is 16.1. The SMILES string of the molecule is CCOC(=O)c1c(-c2ccccc2)oc2ccc(O[C@H](C)C(=O)OCC)cc12. The lowest BCUT2D eigenvalue weighted by Crippen LogP contribution is -2.26. The van der Waals surface area contributed by atoms with Crippen LogP contribution in [0.5, 0.6) is 5.75 Å². The van der Waals surface area contributed by atoms with Crippen molar-refractivity contribution in [2.75, 3.05) is 13.2 Å². The van der Waals surface area contributed by atoms with Crippen LogP contribution in [0.3, 0.4) is 0 Å². The third kappa shape index (κ3) is 4.01. The number of carbonyl (C=O) groups is 2. The molecule has 0 spiro atoms. The Kier molecular flexibility index (Phi) is 5.99. The standard InChI is InChI=1S/C22H22O6/c1-4-25-21(23)14(3)27-16-11-12-18-17(13-16)19(22(24)26-5-2)20(28-18)15-9-7-6-8-10-15/h6-14H,4-5H2,1-3H3/t14-/m1/s1. The Labute approximate surface area is 163 Å². The summed E-state index contributed by atoms with van der Waals surface area (Å²) in [7, 11) is 0. The highest BCUT2D eigenvalue weighted by molar-refractivity contribution is 6.09. The molecule has 6 nitrogen and oxygen atoms in total. The van der Waals surface area contributed by atoms with E-state index in [1.807, 2.05) is 30.3 Å². The largest absolute Gasteiger partial charge is 0.479 e. The average molecular weight is 382 g/mol. The van der Waals surface area contributed by atoms with E-state index in [1.165, 1.54) is 0 Å². The van der Waals surface area contributed by atoms with Crippen LogP contribution in [0.15, 0.2) is 52.9 Å². The molecule has 1 atom stereocenters. The summed E-state index contributed by atoms with van der Waals surface area (Å²) in [5.41, 5.74) is 1.62. The Morgan fingerprint density at radius 2 is 1.71 bits per heavy atom. The zero-order valence-corrected chi connectivity index (χ0v) is 16.1. The molecule has 0 aliphatic heterocycles. The Balaban J connectivity index is 2.05. The second-order valence-corrected chi connectivity index (χ2v) is 6.06. The number of esters is 2. The van der Waals surface area contributed by atoms with Crippen LogP contribution >= 0.6 is 0 Å². The Morgan fingerprint density at radius 1 is 1.00 bits per heavy atom. The molecule has 0 amide bonds. The molecule has 146 valence electrons. The zero-order chi connectivity index (χ0) is 20.1. The van der Waals surface area contributed by atoms with Crippen LogP contribution in [0.25, 0.3) is 22.3 Å². The van der Waals surface area contributed by atoms with Crippen LogP contribution < -0.4 is 4.74 Å². The quantitative estimate of drug-likeness (QED) is 0.556. The maximum Gasteiger partial charge on any atom is 0.347 e. The number of rotatable bonds is 7. The minimum Gasteiger partial charge on any atom is -0.479 e. The normalized spacial score (nSPS) is 11.8. The van der Waals surface area contributed by atoms with Gasteiger partial charge in [0.25, 0.3) is 0 Å². The fraction of sp³-hybridized carbons (Fsp3) is 0.273. The Morgan fingerprint density at radius 3 is 2.39 bits per heavy atom. The highest BCUT2D eigenvalue weighted by Crippen LogP contribution is 2.36. The first-order valence-corrected chi connectivity index (χ1v) is 9.17. The third-order valence-corrected chi connectivity index (χ3v) is 4.11. The van der Waals surface area contributed by atoms with Crippen molar-refractivity contribution in [3.05, 3.63) is 54.1 Å². The van der Waals surface area contributed by atoms with Crippen molar-refractivity contribution in [3.8, 4) is 17.1 Å². The van der Waals surface area contributed by atoms with Gasteiger partial charge in [0.2, 0.25) is 0 Å². The van der Waals surface area contributed by atoms with E-state index in [4.69, 9.17) is 18.6 Å². The van der Waals surface area contributed by atoms with Crippen molar-refractivity contribution in [2.24, 2.45) is 0 Å². The molecule has 6 heteroatoms. The molecule has 28 heavy (non-hydrogen) atoms. The second-order valence-electron chi connectivity index (χ2n) is 6.06. The van der Waals surface area contributed by atoms with E-state index in [0.717, 1.165) is 5.56 Å². The summed E-state index contributed by atoms with van der Waals surface area (Å²) >= 11 is 0. The molecule has 0 aliphatic carbocycles. The monoisotopic (exact) mass is 382 g/mol. The van der Waals surface area contributed by atoms with E-state index in [0.29, 0.717) is 28.0 Å². The molecule has 0 unspecified atom stereocenters. The number of fused-ring (bicyclic) bond motifs is 1. The smallest absolute Gasteiger partial charge is 0.347 e. The minimum absolute atomic E-state index is 0.246. The van der Waals surface area contributed by atoms with Gasteiger partial charge in [-0.2, -0.15) is 0 Å². The summed E-state index contributed by atoms with van der Waals surface area (Å²) in [5.74, 6) is -0.0651. The number of benzene rings is 2. The van der Waals surface area contributed by atoms with E-state index in [9.17, 15) is 9.59 Å². The lowest BCUT2D eigenvalue weighted by atomic mass is 10.1.